The first-order chi connectivity index (χ1) is 28.8. The van der Waals surface area contributed by atoms with Gasteiger partial charge in [-0.3, -0.25) is 16.3 Å². The Labute approximate surface area is 350 Å². The zero-order valence-corrected chi connectivity index (χ0v) is 33.6. The molecule has 0 saturated heterocycles. The van der Waals surface area contributed by atoms with Gasteiger partial charge in [0.2, 0.25) is 0 Å². The van der Waals surface area contributed by atoms with Gasteiger partial charge in [-0.15, -0.1) is 46.8 Å². The largest absolute Gasteiger partial charge is 0.332 e. The molecule has 0 amide bonds. The van der Waals surface area contributed by atoms with Gasteiger partial charge in [-0.05, 0) is 53.7 Å². The van der Waals surface area contributed by atoms with Gasteiger partial charge in [0.1, 0.15) is 0 Å². The van der Waals surface area contributed by atoms with E-state index in [0.29, 0.717) is 17.2 Å². The van der Waals surface area contributed by atoms with Crippen LogP contribution < -0.4 is 0 Å². The maximum atomic E-state index is 7.28. The number of benzene rings is 6. The molecule has 9 aromatic rings. The van der Waals surface area contributed by atoms with Crippen LogP contribution in [0.4, 0.5) is 0 Å². The number of thiophene rings is 1. The van der Waals surface area contributed by atoms with Crippen molar-refractivity contribution in [3.8, 4) is 50.6 Å². The molecule has 0 fully saturated rings. The van der Waals surface area contributed by atoms with E-state index in [0.717, 1.165) is 34.5 Å². The van der Waals surface area contributed by atoms with E-state index in [1.54, 1.807) is 23.5 Å². The fourth-order valence-electron chi connectivity index (χ4n) is 6.83. The zero-order chi connectivity index (χ0) is 42.0. The number of para-hydroxylation sites is 3. The minimum Gasteiger partial charge on any atom is -0.332 e. The molecular formula is C50H41IrN3S-2. The smallest absolute Gasteiger partial charge is 0.0774 e. The van der Waals surface area contributed by atoms with Gasteiger partial charge in [-0.25, -0.2) is 0 Å². The third kappa shape index (κ3) is 8.16. The van der Waals surface area contributed by atoms with Crippen LogP contribution in [0.25, 0.3) is 71.7 Å². The van der Waals surface area contributed by atoms with E-state index >= 15 is 0 Å². The Kier molecular flexibility index (Phi) is 9.48. The summed E-state index contributed by atoms with van der Waals surface area (Å²) in [5.41, 5.74) is 11.9. The van der Waals surface area contributed by atoms with Gasteiger partial charge in [-0.2, -0.15) is 0 Å². The first-order valence-electron chi connectivity index (χ1n) is 21.0. The molecule has 9 rings (SSSR count). The van der Waals surface area contributed by atoms with E-state index in [1.165, 1.54) is 62.3 Å². The molecule has 0 spiro atoms. The van der Waals surface area contributed by atoms with E-state index in [9.17, 15) is 0 Å². The fraction of sp³-hybridized carbons (Fsp3) is 0.120. The topological polar surface area (TPSA) is 30.7 Å². The number of rotatable bonds is 7. The van der Waals surface area contributed by atoms with Crippen LogP contribution in [0.15, 0.2) is 158 Å². The minimum atomic E-state index is -2.18. The second-order valence-electron chi connectivity index (χ2n) is 13.6. The molecule has 273 valence electrons. The van der Waals surface area contributed by atoms with Crippen molar-refractivity contribution in [2.24, 2.45) is 5.92 Å². The molecule has 0 bridgehead atoms. The molecule has 55 heavy (non-hydrogen) atoms. The minimum absolute atomic E-state index is 0. The molecule has 1 radical (unpaired) electrons. The summed E-state index contributed by atoms with van der Waals surface area (Å²) in [5, 5.41) is 4.88. The summed E-state index contributed by atoms with van der Waals surface area (Å²) < 4.78 is 47.2. The SMILES string of the molecule is CC(C)Cc1ccc2s[c-]c(-c3nc4ccccc4n3-c3c(-c4ccccc4)cccc3-c3ccccc3)c2c1.[2H]C([2H])([2H])c1c[c-]c(-c2ccc(C([2H])([2H])[2H])cn2)cc1.[Ir]. The van der Waals surface area contributed by atoms with E-state index in [2.05, 4.69) is 156 Å². The molecule has 6 aromatic carbocycles. The fourth-order valence-corrected chi connectivity index (χ4v) is 7.65. The number of aryl methyl sites for hydroxylation is 2. The summed E-state index contributed by atoms with van der Waals surface area (Å²) in [4.78, 5) is 9.36. The second kappa shape index (κ2) is 16.9. The Morgan fingerprint density at radius 1 is 0.727 bits per heavy atom. The van der Waals surface area contributed by atoms with Gasteiger partial charge in [0.15, 0.2) is 0 Å². The van der Waals surface area contributed by atoms with Crippen LogP contribution in [0.5, 0.6) is 0 Å². The summed E-state index contributed by atoms with van der Waals surface area (Å²) in [6, 6.07) is 53.7. The Hall–Kier alpha value is -5.45. The molecule has 0 unspecified atom stereocenters. The van der Waals surface area contributed by atoms with Gasteiger partial charge in [0, 0.05) is 45.7 Å². The number of pyridine rings is 1. The number of fused-ring (bicyclic) bond motifs is 2. The Morgan fingerprint density at radius 3 is 2.05 bits per heavy atom. The van der Waals surface area contributed by atoms with Crippen LogP contribution in [-0.4, -0.2) is 14.5 Å². The number of hydrogen-bond donors (Lipinski definition) is 0. The van der Waals surface area contributed by atoms with Gasteiger partial charge in [-0.1, -0.05) is 157 Å². The standard InChI is InChI=1S/C37H29N2S.C13H12N.Ir/c1-25(2)22-26-20-21-35-31(23-26)32(24-40-35)37-38-33-18-9-10-19-34(33)39(37)36-29(27-12-5-3-6-13-27)16-11-17-30(36)28-14-7-4-8-15-28;1-10-3-6-12(7-4-10)13-8-5-11(2)9-14-13;/h3-21,23,25H,22H2,1-2H3;3-6,8-9H,1-2H3;/q2*-1;/i;1D3,2D3;. The van der Waals surface area contributed by atoms with Crippen LogP contribution >= 0.6 is 11.3 Å². The van der Waals surface area contributed by atoms with Gasteiger partial charge < -0.3 is 9.55 Å². The summed E-state index contributed by atoms with van der Waals surface area (Å²) in [6.45, 7) is 0.208. The van der Waals surface area contributed by atoms with Crippen molar-refractivity contribution >= 4 is 32.5 Å². The second-order valence-corrected chi connectivity index (χ2v) is 14.5. The van der Waals surface area contributed by atoms with Crippen LogP contribution in [0, 0.1) is 31.1 Å². The molecule has 0 N–H and O–H groups in total. The molecule has 0 aliphatic rings. The Morgan fingerprint density at radius 2 is 1.42 bits per heavy atom. The molecule has 5 heteroatoms. The summed E-state index contributed by atoms with van der Waals surface area (Å²) in [6.07, 6.45) is 2.35. The van der Waals surface area contributed by atoms with E-state index < -0.39 is 13.7 Å². The quantitative estimate of drug-likeness (QED) is 0.149. The maximum absolute atomic E-state index is 7.28. The molecule has 3 aromatic heterocycles. The maximum Gasteiger partial charge on any atom is 0.0774 e. The summed E-state index contributed by atoms with van der Waals surface area (Å²) in [7, 11) is 0. The van der Waals surface area contributed by atoms with E-state index in [-0.39, 0.29) is 31.2 Å². The molecule has 0 aliphatic heterocycles. The van der Waals surface area contributed by atoms with Crippen molar-refractivity contribution in [1.82, 2.24) is 14.5 Å². The van der Waals surface area contributed by atoms with Gasteiger partial charge in [0.25, 0.3) is 0 Å². The third-order valence-electron chi connectivity index (χ3n) is 9.29. The average Bonchev–Trinajstić information content (AvgIpc) is 3.85. The van der Waals surface area contributed by atoms with Crippen molar-refractivity contribution in [3.63, 3.8) is 0 Å². The van der Waals surface area contributed by atoms with Crippen LogP contribution in [0.2, 0.25) is 0 Å². The van der Waals surface area contributed by atoms with Crippen molar-refractivity contribution in [2.75, 3.05) is 0 Å². The Balaban J connectivity index is 0.000000226. The number of nitrogens with zero attached hydrogens (tertiary/aromatic N) is 3. The molecule has 0 atom stereocenters. The average molecular weight is 914 g/mol. The third-order valence-corrected chi connectivity index (χ3v) is 10.2. The predicted molar refractivity (Wildman–Crippen MR) is 228 cm³/mol. The molecule has 3 nitrogen and oxygen atoms in total. The van der Waals surface area contributed by atoms with Crippen molar-refractivity contribution in [2.45, 2.75) is 34.0 Å². The summed E-state index contributed by atoms with van der Waals surface area (Å²) >= 11 is 1.67. The first kappa shape index (κ1) is 30.8. The molecule has 0 saturated carbocycles. The first-order valence-corrected chi connectivity index (χ1v) is 18.8. The van der Waals surface area contributed by atoms with Crippen molar-refractivity contribution in [1.29, 1.82) is 0 Å². The normalized spacial score (nSPS) is 13.1. The van der Waals surface area contributed by atoms with Crippen LogP contribution in [0.3, 0.4) is 0 Å². The van der Waals surface area contributed by atoms with Crippen molar-refractivity contribution < 1.29 is 28.3 Å². The number of imidazole rings is 1. The van der Waals surface area contributed by atoms with Gasteiger partial charge >= 0.3 is 0 Å². The Bertz CT molecular complexity index is 2770. The van der Waals surface area contributed by atoms with Crippen molar-refractivity contribution in [3.05, 3.63) is 186 Å². The number of aromatic nitrogens is 3. The monoisotopic (exact) mass is 914 g/mol. The van der Waals surface area contributed by atoms with E-state index in [4.69, 9.17) is 13.2 Å². The predicted octanol–water partition coefficient (Wildman–Crippen LogP) is 13.4. The van der Waals surface area contributed by atoms with Crippen LogP contribution in [0.1, 0.15) is 38.8 Å². The van der Waals surface area contributed by atoms with Gasteiger partial charge in [0.05, 0.1) is 22.5 Å². The number of hydrogen-bond acceptors (Lipinski definition) is 3. The zero-order valence-electron chi connectivity index (χ0n) is 36.4. The van der Waals surface area contributed by atoms with E-state index in [1.807, 2.05) is 0 Å². The molecule has 0 aliphatic carbocycles. The molecule has 3 heterocycles. The molecular weight excluding hydrogens is 867 g/mol. The van der Waals surface area contributed by atoms with Crippen LogP contribution in [-0.2, 0) is 26.5 Å². The summed E-state index contributed by atoms with van der Waals surface area (Å²) in [5.74, 6) is 1.52.